The maximum absolute atomic E-state index is 13.1. The number of methoxy groups -OCH3 is 1. The molecule has 0 atom stereocenters. The van der Waals surface area contributed by atoms with Gasteiger partial charge in [0.2, 0.25) is 0 Å². The molecule has 23 heavy (non-hydrogen) atoms. The standard InChI is InChI=1S/C14H12BrF3N2O3/c1-7-19-11-4-10(14(16,17)18)8(5-15)3-9(11)13(22)20(7)6-12(21)23-2/h3-4H,5-6H2,1-2H3. The number of aryl methyl sites for hydroxylation is 1. The van der Waals surface area contributed by atoms with Crippen LogP contribution in [0.4, 0.5) is 13.2 Å². The lowest BCUT2D eigenvalue weighted by atomic mass is 10.1. The number of ether oxygens (including phenoxy) is 1. The fourth-order valence-corrected chi connectivity index (χ4v) is 2.64. The molecule has 1 heterocycles. The maximum Gasteiger partial charge on any atom is 0.416 e. The fourth-order valence-electron chi connectivity index (χ4n) is 2.18. The van der Waals surface area contributed by atoms with E-state index in [1.54, 1.807) is 0 Å². The average molecular weight is 393 g/mol. The monoisotopic (exact) mass is 392 g/mol. The number of benzene rings is 1. The molecule has 2 rings (SSSR count). The van der Waals surface area contributed by atoms with Gasteiger partial charge in [-0.1, -0.05) is 15.9 Å². The zero-order chi connectivity index (χ0) is 17.4. The number of halogens is 4. The van der Waals surface area contributed by atoms with Crippen molar-refractivity contribution in [1.29, 1.82) is 0 Å². The first-order valence-corrected chi connectivity index (χ1v) is 7.55. The van der Waals surface area contributed by atoms with E-state index in [-0.39, 0.29) is 34.2 Å². The van der Waals surface area contributed by atoms with Gasteiger partial charge in [0.1, 0.15) is 12.4 Å². The minimum atomic E-state index is -4.55. The predicted molar refractivity (Wildman–Crippen MR) is 80.4 cm³/mol. The quantitative estimate of drug-likeness (QED) is 0.595. The molecule has 2 aromatic rings. The Morgan fingerprint density at radius 3 is 2.57 bits per heavy atom. The minimum Gasteiger partial charge on any atom is -0.468 e. The number of alkyl halides is 4. The van der Waals surface area contributed by atoms with Crippen molar-refractivity contribution < 1.29 is 22.7 Å². The molecular formula is C14H12BrF3N2O3. The zero-order valence-corrected chi connectivity index (χ0v) is 13.8. The third-order valence-electron chi connectivity index (χ3n) is 3.33. The summed E-state index contributed by atoms with van der Waals surface area (Å²) in [5.74, 6) is -0.517. The van der Waals surface area contributed by atoms with Crippen molar-refractivity contribution in [3.05, 3.63) is 39.4 Å². The molecule has 0 fully saturated rings. The SMILES string of the molecule is COC(=O)Cn1c(C)nc2cc(C(F)(F)F)c(CBr)cc2c1=O. The summed E-state index contributed by atoms with van der Waals surface area (Å²) in [6.45, 7) is 1.09. The van der Waals surface area contributed by atoms with Crippen molar-refractivity contribution in [3.63, 3.8) is 0 Å². The van der Waals surface area contributed by atoms with Crippen LogP contribution in [-0.2, 0) is 27.6 Å². The first-order valence-electron chi connectivity index (χ1n) is 6.43. The predicted octanol–water partition coefficient (Wildman–Crippen LogP) is 2.79. The summed E-state index contributed by atoms with van der Waals surface area (Å²) in [5, 5.41) is -0.0517. The first-order chi connectivity index (χ1) is 10.7. The van der Waals surface area contributed by atoms with E-state index < -0.39 is 23.3 Å². The number of nitrogens with zero attached hydrogens (tertiary/aromatic N) is 2. The van der Waals surface area contributed by atoms with E-state index in [0.29, 0.717) is 0 Å². The summed E-state index contributed by atoms with van der Waals surface area (Å²) in [6.07, 6.45) is -4.55. The van der Waals surface area contributed by atoms with Gasteiger partial charge in [0, 0.05) is 5.33 Å². The van der Waals surface area contributed by atoms with Gasteiger partial charge in [-0.05, 0) is 24.6 Å². The lowest BCUT2D eigenvalue weighted by molar-refractivity contribution is -0.141. The number of hydrogen-bond donors (Lipinski definition) is 0. The molecule has 1 aromatic carbocycles. The lowest BCUT2D eigenvalue weighted by Gasteiger charge is -2.14. The van der Waals surface area contributed by atoms with E-state index in [0.717, 1.165) is 16.7 Å². The lowest BCUT2D eigenvalue weighted by Crippen LogP contribution is -2.28. The minimum absolute atomic E-state index is 0.0157. The Morgan fingerprint density at radius 1 is 1.39 bits per heavy atom. The van der Waals surface area contributed by atoms with Crippen molar-refractivity contribution in [2.24, 2.45) is 0 Å². The summed E-state index contributed by atoms with van der Waals surface area (Å²) in [5.41, 5.74) is -1.57. The number of fused-ring (bicyclic) bond motifs is 1. The number of carbonyl (C=O) groups is 1. The Morgan fingerprint density at radius 2 is 2.04 bits per heavy atom. The van der Waals surface area contributed by atoms with Crippen molar-refractivity contribution in [2.75, 3.05) is 7.11 Å². The van der Waals surface area contributed by atoms with Crippen LogP contribution in [0.3, 0.4) is 0 Å². The summed E-state index contributed by atoms with van der Waals surface area (Å²) in [4.78, 5) is 27.8. The van der Waals surface area contributed by atoms with Gasteiger partial charge in [0.15, 0.2) is 0 Å². The van der Waals surface area contributed by atoms with Crippen LogP contribution in [0.1, 0.15) is 17.0 Å². The molecule has 0 N–H and O–H groups in total. The molecular weight excluding hydrogens is 381 g/mol. The van der Waals surface area contributed by atoms with Gasteiger partial charge in [0.25, 0.3) is 5.56 Å². The number of hydrogen-bond acceptors (Lipinski definition) is 4. The molecule has 0 aliphatic heterocycles. The van der Waals surface area contributed by atoms with E-state index in [2.05, 4.69) is 25.7 Å². The molecule has 0 radical (unpaired) electrons. The van der Waals surface area contributed by atoms with Crippen LogP contribution in [0.2, 0.25) is 0 Å². The van der Waals surface area contributed by atoms with Crippen LogP contribution < -0.4 is 5.56 Å². The second kappa shape index (κ2) is 6.31. The summed E-state index contributed by atoms with van der Waals surface area (Å²) < 4.78 is 44.8. The first kappa shape index (κ1) is 17.5. The Hall–Kier alpha value is -1.90. The smallest absolute Gasteiger partial charge is 0.416 e. The molecule has 5 nitrogen and oxygen atoms in total. The fraction of sp³-hybridized carbons (Fsp3) is 0.357. The largest absolute Gasteiger partial charge is 0.468 e. The van der Waals surface area contributed by atoms with Crippen LogP contribution in [0.15, 0.2) is 16.9 Å². The molecule has 0 unspecified atom stereocenters. The highest BCUT2D eigenvalue weighted by Gasteiger charge is 2.34. The number of esters is 1. The average Bonchev–Trinajstić information content (AvgIpc) is 2.49. The second-order valence-electron chi connectivity index (χ2n) is 4.78. The van der Waals surface area contributed by atoms with E-state index in [4.69, 9.17) is 0 Å². The highest BCUT2D eigenvalue weighted by atomic mass is 79.9. The molecule has 0 saturated heterocycles. The highest BCUT2D eigenvalue weighted by Crippen LogP contribution is 2.34. The van der Waals surface area contributed by atoms with Crippen molar-refractivity contribution in [2.45, 2.75) is 25.0 Å². The Kier molecular flexibility index (Phi) is 4.79. The summed E-state index contributed by atoms with van der Waals surface area (Å²) in [6, 6.07) is 2.00. The third kappa shape index (κ3) is 3.39. The second-order valence-corrected chi connectivity index (χ2v) is 5.35. The van der Waals surface area contributed by atoms with Gasteiger partial charge in [0.05, 0.1) is 23.6 Å². The van der Waals surface area contributed by atoms with Gasteiger partial charge in [-0.15, -0.1) is 0 Å². The Balaban J connectivity index is 2.75. The Labute approximate surface area is 137 Å². The summed E-state index contributed by atoms with van der Waals surface area (Å²) in [7, 11) is 1.18. The molecule has 0 spiro atoms. The van der Waals surface area contributed by atoms with Crippen LogP contribution in [0.25, 0.3) is 10.9 Å². The van der Waals surface area contributed by atoms with Crippen LogP contribution in [0, 0.1) is 6.92 Å². The van der Waals surface area contributed by atoms with Gasteiger partial charge in [-0.2, -0.15) is 13.2 Å². The van der Waals surface area contributed by atoms with Crippen molar-refractivity contribution in [3.8, 4) is 0 Å². The van der Waals surface area contributed by atoms with Gasteiger partial charge in [-0.3, -0.25) is 14.2 Å². The van der Waals surface area contributed by atoms with E-state index in [1.807, 2.05) is 0 Å². The molecule has 0 saturated carbocycles. The molecule has 0 aliphatic rings. The zero-order valence-electron chi connectivity index (χ0n) is 12.2. The van der Waals surface area contributed by atoms with Gasteiger partial charge in [-0.25, -0.2) is 4.98 Å². The molecule has 124 valence electrons. The normalized spacial score (nSPS) is 11.7. The third-order valence-corrected chi connectivity index (χ3v) is 3.94. The van der Waals surface area contributed by atoms with Crippen molar-refractivity contribution >= 4 is 32.8 Å². The topological polar surface area (TPSA) is 61.2 Å². The maximum atomic E-state index is 13.1. The number of rotatable bonds is 3. The molecule has 1 aromatic heterocycles. The van der Waals surface area contributed by atoms with E-state index >= 15 is 0 Å². The van der Waals surface area contributed by atoms with Crippen LogP contribution in [0.5, 0.6) is 0 Å². The number of aromatic nitrogens is 2. The van der Waals surface area contributed by atoms with E-state index in [9.17, 15) is 22.8 Å². The summed E-state index contributed by atoms with van der Waals surface area (Å²) >= 11 is 2.99. The van der Waals surface area contributed by atoms with Gasteiger partial charge < -0.3 is 4.74 Å². The molecule has 9 heteroatoms. The number of carbonyl (C=O) groups excluding carboxylic acids is 1. The van der Waals surface area contributed by atoms with Crippen molar-refractivity contribution in [1.82, 2.24) is 9.55 Å². The highest BCUT2D eigenvalue weighted by molar-refractivity contribution is 9.08. The van der Waals surface area contributed by atoms with E-state index in [1.165, 1.54) is 14.0 Å². The van der Waals surface area contributed by atoms with Crippen LogP contribution >= 0.6 is 15.9 Å². The molecule has 0 amide bonds. The van der Waals surface area contributed by atoms with Crippen LogP contribution in [-0.4, -0.2) is 22.6 Å². The van der Waals surface area contributed by atoms with Gasteiger partial charge >= 0.3 is 12.1 Å². The Bertz CT molecular complexity index is 831. The molecule has 0 aliphatic carbocycles. The molecule has 0 bridgehead atoms.